The number of fused-ring (bicyclic) bond motifs is 1. The predicted molar refractivity (Wildman–Crippen MR) is 144 cm³/mol. The van der Waals surface area contributed by atoms with Crippen LogP contribution in [0, 0.1) is 11.2 Å². The molecular formula is C31H25FN4O3. The van der Waals surface area contributed by atoms with Crippen LogP contribution in [0.1, 0.15) is 24.0 Å². The molecule has 194 valence electrons. The molecule has 1 saturated carbocycles. The monoisotopic (exact) mass is 520 g/mol. The van der Waals surface area contributed by atoms with Crippen LogP contribution in [0.4, 0.5) is 4.39 Å². The van der Waals surface area contributed by atoms with Gasteiger partial charge in [0.25, 0.3) is 0 Å². The van der Waals surface area contributed by atoms with Gasteiger partial charge in [-0.3, -0.25) is 19.3 Å². The van der Waals surface area contributed by atoms with E-state index < -0.39 is 5.41 Å². The Labute approximate surface area is 224 Å². The maximum atomic E-state index is 13.2. The molecule has 7 nitrogen and oxygen atoms in total. The Bertz CT molecular complexity index is 1690. The van der Waals surface area contributed by atoms with Gasteiger partial charge >= 0.3 is 0 Å². The number of ether oxygens (including phenoxy) is 1. The topological polar surface area (TPSA) is 87.0 Å². The molecule has 39 heavy (non-hydrogen) atoms. The van der Waals surface area contributed by atoms with Gasteiger partial charge in [-0.05, 0) is 60.4 Å². The highest BCUT2D eigenvalue weighted by molar-refractivity contribution is 6.10. The van der Waals surface area contributed by atoms with Crippen LogP contribution in [-0.4, -0.2) is 31.3 Å². The van der Waals surface area contributed by atoms with E-state index in [-0.39, 0.29) is 30.2 Å². The van der Waals surface area contributed by atoms with Gasteiger partial charge in [-0.25, -0.2) is 9.37 Å². The molecule has 0 spiro atoms. The van der Waals surface area contributed by atoms with Crippen LogP contribution in [0.3, 0.4) is 0 Å². The molecule has 0 saturated heterocycles. The minimum atomic E-state index is -0.919. The molecule has 6 rings (SSSR count). The number of pyridine rings is 2. The smallest absolute Gasteiger partial charge is 0.156 e. The van der Waals surface area contributed by atoms with Crippen molar-refractivity contribution in [3.8, 4) is 22.8 Å². The maximum Gasteiger partial charge on any atom is 0.156 e. The van der Waals surface area contributed by atoms with Crippen molar-refractivity contribution >= 4 is 22.6 Å². The van der Waals surface area contributed by atoms with E-state index in [0.29, 0.717) is 40.9 Å². The van der Waals surface area contributed by atoms with Crippen molar-refractivity contribution < 1.29 is 18.7 Å². The van der Waals surface area contributed by atoms with Gasteiger partial charge in [0.05, 0.1) is 22.8 Å². The fourth-order valence-electron chi connectivity index (χ4n) is 4.75. The first-order valence-corrected chi connectivity index (χ1v) is 12.7. The zero-order valence-electron chi connectivity index (χ0n) is 21.3. The normalized spacial score (nSPS) is 13.8. The van der Waals surface area contributed by atoms with E-state index >= 15 is 0 Å². The predicted octanol–water partition coefficient (Wildman–Crippen LogP) is 5.67. The molecule has 0 atom stereocenters. The number of carbonyl (C=O) groups excluding carboxylic acids is 2. The van der Waals surface area contributed by atoms with Crippen LogP contribution in [0.2, 0.25) is 0 Å². The third-order valence-electron chi connectivity index (χ3n) is 7.16. The van der Waals surface area contributed by atoms with E-state index in [0.717, 1.165) is 16.8 Å². The number of halogens is 1. The van der Waals surface area contributed by atoms with Gasteiger partial charge in [-0.2, -0.15) is 5.10 Å². The molecule has 1 fully saturated rings. The van der Waals surface area contributed by atoms with Crippen molar-refractivity contribution in [3.63, 3.8) is 0 Å². The molecule has 0 amide bonds. The van der Waals surface area contributed by atoms with E-state index in [9.17, 15) is 14.0 Å². The summed E-state index contributed by atoms with van der Waals surface area (Å²) in [5, 5.41) is 4.22. The van der Waals surface area contributed by atoms with E-state index in [1.165, 1.54) is 12.1 Å². The molecule has 1 aliphatic rings. The molecule has 0 unspecified atom stereocenters. The summed E-state index contributed by atoms with van der Waals surface area (Å²) in [4.78, 5) is 35.2. The lowest BCUT2D eigenvalue weighted by Crippen LogP contribution is -2.28. The number of nitrogens with zero attached hydrogens (tertiary/aromatic N) is 4. The lowest BCUT2D eigenvalue weighted by molar-refractivity contribution is -0.133. The molecule has 5 aromatic rings. The molecule has 3 aromatic heterocycles. The van der Waals surface area contributed by atoms with E-state index in [4.69, 9.17) is 9.72 Å². The van der Waals surface area contributed by atoms with Gasteiger partial charge in [0.1, 0.15) is 17.1 Å². The molecular weight excluding hydrogens is 495 g/mol. The highest BCUT2D eigenvalue weighted by Crippen LogP contribution is 2.48. The number of Topliss-reactive ketones (excluding diaryl/α,β-unsaturated/α-hetero) is 2. The lowest BCUT2D eigenvalue weighted by Gasteiger charge is -2.14. The highest BCUT2D eigenvalue weighted by atomic mass is 19.1. The Morgan fingerprint density at radius 2 is 1.59 bits per heavy atom. The zero-order valence-corrected chi connectivity index (χ0v) is 21.3. The summed E-state index contributed by atoms with van der Waals surface area (Å²) >= 11 is 0. The highest BCUT2D eigenvalue weighted by Gasteiger charge is 2.54. The van der Waals surface area contributed by atoms with Gasteiger partial charge in [0.2, 0.25) is 0 Å². The molecule has 0 N–H and O–H groups in total. The molecule has 8 heteroatoms. The molecule has 3 heterocycles. The van der Waals surface area contributed by atoms with Gasteiger partial charge in [-0.15, -0.1) is 0 Å². The quantitative estimate of drug-likeness (QED) is 0.233. The van der Waals surface area contributed by atoms with Crippen LogP contribution < -0.4 is 4.74 Å². The number of ketones is 2. The molecule has 0 radical (unpaired) electrons. The Morgan fingerprint density at radius 1 is 0.923 bits per heavy atom. The van der Waals surface area contributed by atoms with Crippen molar-refractivity contribution in [1.29, 1.82) is 0 Å². The third-order valence-corrected chi connectivity index (χ3v) is 7.16. The largest absolute Gasteiger partial charge is 0.455 e. The average molecular weight is 521 g/mol. The van der Waals surface area contributed by atoms with Crippen molar-refractivity contribution in [1.82, 2.24) is 19.7 Å². The molecule has 1 aliphatic carbocycles. The van der Waals surface area contributed by atoms with Gasteiger partial charge < -0.3 is 4.74 Å². The Hall–Kier alpha value is -4.72. The van der Waals surface area contributed by atoms with Crippen LogP contribution in [0.5, 0.6) is 11.5 Å². The molecule has 2 aromatic carbocycles. The van der Waals surface area contributed by atoms with Crippen molar-refractivity contribution in [3.05, 3.63) is 102 Å². The van der Waals surface area contributed by atoms with Crippen LogP contribution in [0.25, 0.3) is 22.3 Å². The van der Waals surface area contributed by atoms with E-state index in [2.05, 4.69) is 10.1 Å². The number of benzene rings is 2. The first-order chi connectivity index (χ1) is 18.9. The molecule has 0 aliphatic heterocycles. The zero-order chi connectivity index (χ0) is 27.0. The van der Waals surface area contributed by atoms with Crippen molar-refractivity contribution in [2.24, 2.45) is 12.5 Å². The van der Waals surface area contributed by atoms with Crippen molar-refractivity contribution in [2.75, 3.05) is 0 Å². The van der Waals surface area contributed by atoms with E-state index in [1.807, 2.05) is 37.5 Å². The summed E-state index contributed by atoms with van der Waals surface area (Å²) in [6, 6.07) is 18.7. The van der Waals surface area contributed by atoms with Gasteiger partial charge in [0.15, 0.2) is 17.3 Å². The van der Waals surface area contributed by atoms with Gasteiger partial charge in [-0.1, -0.05) is 24.3 Å². The average Bonchev–Trinajstić information content (AvgIpc) is 3.65. The molecule has 0 bridgehead atoms. The minimum absolute atomic E-state index is 0.0736. The maximum absolute atomic E-state index is 13.2. The van der Waals surface area contributed by atoms with Crippen LogP contribution >= 0.6 is 0 Å². The van der Waals surface area contributed by atoms with E-state index in [1.54, 1.807) is 47.4 Å². The van der Waals surface area contributed by atoms with Crippen LogP contribution in [-0.2, 0) is 29.5 Å². The standard InChI is InChI=1S/C31H25FN4O3/c1-36-19-22(18-34-36)25-10-11-26-30(35-25)27(12-15-33-26)39-24-8-4-21(5-9-24)17-29(38)31(13-14-31)28(37)16-20-2-6-23(32)7-3-20/h2-12,15,18-19H,13-14,16-17H2,1H3. The fourth-order valence-corrected chi connectivity index (χ4v) is 4.75. The minimum Gasteiger partial charge on any atom is -0.455 e. The first-order valence-electron chi connectivity index (χ1n) is 12.7. The second-order valence-electron chi connectivity index (χ2n) is 9.93. The summed E-state index contributed by atoms with van der Waals surface area (Å²) in [5.41, 5.74) is 3.61. The summed E-state index contributed by atoms with van der Waals surface area (Å²) < 4.78 is 21.1. The Kier molecular flexibility index (Phi) is 6.23. The summed E-state index contributed by atoms with van der Waals surface area (Å²) in [6.45, 7) is 0. The summed E-state index contributed by atoms with van der Waals surface area (Å²) in [6.07, 6.45) is 6.76. The first kappa shape index (κ1) is 24.6. The number of aromatic nitrogens is 4. The summed E-state index contributed by atoms with van der Waals surface area (Å²) in [5.74, 6) is 0.648. The summed E-state index contributed by atoms with van der Waals surface area (Å²) in [7, 11) is 1.86. The second kappa shape index (κ2) is 9.87. The number of carbonyl (C=O) groups is 2. The second-order valence-corrected chi connectivity index (χ2v) is 9.93. The fraction of sp³-hybridized carbons (Fsp3) is 0.194. The lowest BCUT2D eigenvalue weighted by atomic mass is 9.88. The SMILES string of the molecule is Cn1cc(-c2ccc3nccc(Oc4ccc(CC(=O)C5(C(=O)Cc6ccc(F)cc6)CC5)cc4)c3n2)cn1. The number of hydrogen-bond acceptors (Lipinski definition) is 6. The van der Waals surface area contributed by atoms with Crippen LogP contribution in [0.15, 0.2) is 85.3 Å². The van der Waals surface area contributed by atoms with Gasteiger partial charge in [0, 0.05) is 43.9 Å². The Balaban J connectivity index is 1.15. The number of hydrogen-bond donors (Lipinski definition) is 0. The number of aryl methyl sites for hydroxylation is 1. The Morgan fingerprint density at radius 3 is 2.21 bits per heavy atom. The van der Waals surface area contributed by atoms with Crippen molar-refractivity contribution in [2.45, 2.75) is 25.7 Å². The third kappa shape index (κ3) is 5.05. The number of rotatable bonds is 9.